The maximum atomic E-state index is 11.3. The van der Waals surface area contributed by atoms with Crippen molar-refractivity contribution >= 4 is 17.2 Å². The maximum Gasteiger partial charge on any atom is 0.250 e. The third-order valence-electron chi connectivity index (χ3n) is 3.33. The van der Waals surface area contributed by atoms with Gasteiger partial charge in [0.2, 0.25) is 0 Å². The number of benzene rings is 1. The van der Waals surface area contributed by atoms with E-state index in [0.29, 0.717) is 5.56 Å². The zero-order chi connectivity index (χ0) is 14.1. The molecule has 0 atom stereocenters. The van der Waals surface area contributed by atoms with Gasteiger partial charge in [0.25, 0.3) is 5.91 Å². The molecule has 2 heterocycles. The van der Waals surface area contributed by atoms with Crippen LogP contribution in [0.25, 0.3) is 22.4 Å². The molecule has 3 nitrogen and oxygen atoms in total. The number of hydrogen-bond acceptors (Lipinski definition) is 2. The minimum absolute atomic E-state index is 0.403. The average Bonchev–Trinajstić information content (AvgIpc) is 3.08. The summed E-state index contributed by atoms with van der Waals surface area (Å²) in [5, 5.41) is 4.19. The van der Waals surface area contributed by atoms with Crippen molar-refractivity contribution in [2.45, 2.75) is 6.92 Å². The van der Waals surface area contributed by atoms with E-state index < -0.39 is 5.91 Å². The molecule has 3 aromatic rings. The van der Waals surface area contributed by atoms with E-state index in [1.54, 1.807) is 17.4 Å². The van der Waals surface area contributed by atoms with Gasteiger partial charge in [0.05, 0.1) is 5.56 Å². The van der Waals surface area contributed by atoms with Crippen LogP contribution in [0.5, 0.6) is 0 Å². The smallest absolute Gasteiger partial charge is 0.250 e. The van der Waals surface area contributed by atoms with E-state index in [1.165, 1.54) is 11.1 Å². The number of hydrogen-bond donors (Lipinski definition) is 2. The second-order valence-corrected chi connectivity index (χ2v) is 5.46. The molecule has 0 saturated heterocycles. The fraction of sp³-hybridized carbons (Fsp3) is 0.0625. The number of H-pyrrole nitrogens is 1. The lowest BCUT2D eigenvalue weighted by Crippen LogP contribution is -2.10. The molecule has 0 radical (unpaired) electrons. The van der Waals surface area contributed by atoms with Gasteiger partial charge in [-0.15, -0.1) is 0 Å². The predicted octanol–water partition coefficient (Wildman–Crippen LogP) is 3.82. The number of rotatable bonds is 3. The minimum atomic E-state index is -0.403. The van der Waals surface area contributed by atoms with Gasteiger partial charge in [-0.05, 0) is 46.5 Å². The lowest BCUT2D eigenvalue weighted by Gasteiger charge is -2.01. The van der Waals surface area contributed by atoms with E-state index in [1.807, 2.05) is 19.1 Å². The standard InChI is InChI=1S/C16H14N2OS/c1-10-14(16(17)19)8-15(18-10)12-4-2-11(3-5-12)13-6-7-20-9-13/h2-9,18H,1H3,(H2,17,19). The molecule has 0 aliphatic rings. The van der Waals surface area contributed by atoms with Gasteiger partial charge < -0.3 is 10.7 Å². The summed E-state index contributed by atoms with van der Waals surface area (Å²) in [6.45, 7) is 1.85. The Balaban J connectivity index is 1.95. The van der Waals surface area contributed by atoms with Crippen molar-refractivity contribution in [3.63, 3.8) is 0 Å². The second-order valence-electron chi connectivity index (χ2n) is 4.68. The minimum Gasteiger partial charge on any atom is -0.366 e. The highest BCUT2D eigenvalue weighted by molar-refractivity contribution is 7.08. The third-order valence-corrected chi connectivity index (χ3v) is 4.01. The Labute approximate surface area is 121 Å². The maximum absolute atomic E-state index is 11.3. The summed E-state index contributed by atoms with van der Waals surface area (Å²) in [6, 6.07) is 12.2. The molecule has 3 rings (SSSR count). The summed E-state index contributed by atoms with van der Waals surface area (Å²) in [6.07, 6.45) is 0. The highest BCUT2D eigenvalue weighted by atomic mass is 32.1. The first-order valence-corrected chi connectivity index (χ1v) is 7.22. The number of aromatic amines is 1. The van der Waals surface area contributed by atoms with Crippen molar-refractivity contribution in [2.24, 2.45) is 5.73 Å². The van der Waals surface area contributed by atoms with E-state index in [-0.39, 0.29) is 0 Å². The number of thiophene rings is 1. The van der Waals surface area contributed by atoms with Crippen molar-refractivity contribution in [1.29, 1.82) is 0 Å². The molecule has 1 amide bonds. The number of carbonyl (C=O) groups is 1. The van der Waals surface area contributed by atoms with Crippen LogP contribution in [0.3, 0.4) is 0 Å². The van der Waals surface area contributed by atoms with Gasteiger partial charge in [0.1, 0.15) is 0 Å². The van der Waals surface area contributed by atoms with E-state index in [2.05, 4.69) is 33.9 Å². The van der Waals surface area contributed by atoms with Gasteiger partial charge in [-0.3, -0.25) is 4.79 Å². The molecule has 1 aromatic carbocycles. The third kappa shape index (κ3) is 2.26. The van der Waals surface area contributed by atoms with Crippen molar-refractivity contribution < 1.29 is 4.79 Å². The van der Waals surface area contributed by atoms with Gasteiger partial charge in [-0.25, -0.2) is 0 Å². The lowest BCUT2D eigenvalue weighted by molar-refractivity contribution is 0.1000. The normalized spacial score (nSPS) is 10.7. The number of nitrogens with one attached hydrogen (secondary N) is 1. The van der Waals surface area contributed by atoms with Crippen LogP contribution < -0.4 is 5.73 Å². The molecule has 4 heteroatoms. The van der Waals surface area contributed by atoms with Gasteiger partial charge >= 0.3 is 0 Å². The lowest BCUT2D eigenvalue weighted by atomic mass is 10.1. The largest absolute Gasteiger partial charge is 0.366 e. The SMILES string of the molecule is Cc1[nH]c(-c2ccc(-c3ccsc3)cc2)cc1C(N)=O. The molecular weight excluding hydrogens is 268 g/mol. The number of aromatic nitrogens is 1. The highest BCUT2D eigenvalue weighted by Crippen LogP contribution is 2.26. The predicted molar refractivity (Wildman–Crippen MR) is 82.8 cm³/mol. The summed E-state index contributed by atoms with van der Waals surface area (Å²) in [4.78, 5) is 14.5. The summed E-state index contributed by atoms with van der Waals surface area (Å²) in [5.74, 6) is -0.403. The van der Waals surface area contributed by atoms with Crippen LogP contribution in [0.4, 0.5) is 0 Å². The average molecular weight is 282 g/mol. The molecule has 100 valence electrons. The van der Waals surface area contributed by atoms with Crippen molar-refractivity contribution in [2.75, 3.05) is 0 Å². The quantitative estimate of drug-likeness (QED) is 0.754. The zero-order valence-corrected chi connectivity index (χ0v) is 11.8. The van der Waals surface area contributed by atoms with Crippen LogP contribution in [0.2, 0.25) is 0 Å². The van der Waals surface area contributed by atoms with Gasteiger partial charge in [0.15, 0.2) is 0 Å². The van der Waals surface area contributed by atoms with Crippen molar-refractivity contribution in [1.82, 2.24) is 4.98 Å². The van der Waals surface area contributed by atoms with Gasteiger partial charge in [0, 0.05) is 11.4 Å². The van der Waals surface area contributed by atoms with Crippen molar-refractivity contribution in [3.8, 4) is 22.4 Å². The molecule has 0 unspecified atom stereocenters. The van der Waals surface area contributed by atoms with Crippen LogP contribution in [-0.4, -0.2) is 10.9 Å². The fourth-order valence-corrected chi connectivity index (χ4v) is 2.91. The fourth-order valence-electron chi connectivity index (χ4n) is 2.24. The molecule has 20 heavy (non-hydrogen) atoms. The first-order valence-electron chi connectivity index (χ1n) is 6.27. The van der Waals surface area contributed by atoms with Crippen LogP contribution in [0.1, 0.15) is 16.1 Å². The number of amides is 1. The number of nitrogens with two attached hydrogens (primary N) is 1. The number of carbonyl (C=O) groups excluding carboxylic acids is 1. The molecular formula is C16H14N2OS. The van der Waals surface area contributed by atoms with Crippen LogP contribution >= 0.6 is 11.3 Å². The molecule has 0 bridgehead atoms. The van der Waals surface area contributed by atoms with E-state index in [9.17, 15) is 4.79 Å². The Bertz CT molecular complexity index is 739. The van der Waals surface area contributed by atoms with E-state index >= 15 is 0 Å². The number of aryl methyl sites for hydroxylation is 1. The molecule has 0 aliphatic heterocycles. The Morgan fingerprint density at radius 3 is 2.35 bits per heavy atom. The first-order chi connectivity index (χ1) is 9.65. The summed E-state index contributed by atoms with van der Waals surface area (Å²) >= 11 is 1.69. The molecule has 0 aliphatic carbocycles. The highest BCUT2D eigenvalue weighted by Gasteiger charge is 2.10. The van der Waals surface area contributed by atoms with Crippen LogP contribution in [-0.2, 0) is 0 Å². The Hall–Kier alpha value is -2.33. The van der Waals surface area contributed by atoms with Gasteiger partial charge in [-0.1, -0.05) is 24.3 Å². The molecule has 0 fully saturated rings. The Morgan fingerprint density at radius 1 is 1.10 bits per heavy atom. The number of primary amides is 1. The monoisotopic (exact) mass is 282 g/mol. The topological polar surface area (TPSA) is 58.9 Å². The summed E-state index contributed by atoms with van der Waals surface area (Å²) in [7, 11) is 0. The molecule has 2 aromatic heterocycles. The summed E-state index contributed by atoms with van der Waals surface area (Å²) < 4.78 is 0. The van der Waals surface area contributed by atoms with Crippen LogP contribution in [0, 0.1) is 6.92 Å². The van der Waals surface area contributed by atoms with E-state index in [0.717, 1.165) is 17.0 Å². The van der Waals surface area contributed by atoms with Gasteiger partial charge in [-0.2, -0.15) is 11.3 Å². The van der Waals surface area contributed by atoms with Crippen molar-refractivity contribution in [3.05, 3.63) is 58.4 Å². The Morgan fingerprint density at radius 2 is 1.80 bits per heavy atom. The second kappa shape index (κ2) is 4.98. The molecule has 3 N–H and O–H groups in total. The first kappa shape index (κ1) is 12.7. The zero-order valence-electron chi connectivity index (χ0n) is 11.0. The Kier molecular flexibility index (Phi) is 3.16. The molecule has 0 saturated carbocycles. The summed E-state index contributed by atoms with van der Waals surface area (Å²) in [5.41, 5.74) is 11.0. The molecule has 0 spiro atoms. The van der Waals surface area contributed by atoms with E-state index in [4.69, 9.17) is 5.73 Å². The van der Waals surface area contributed by atoms with Crippen LogP contribution in [0.15, 0.2) is 47.2 Å².